The molecule has 0 N–H and O–H groups in total. The fraction of sp³-hybridized carbons (Fsp3) is 0.278. The predicted molar refractivity (Wildman–Crippen MR) is 171 cm³/mol. The quantitative estimate of drug-likeness (QED) is 0.194. The van der Waals surface area contributed by atoms with Gasteiger partial charge >= 0.3 is 0 Å². The molecule has 1 saturated heterocycles. The van der Waals surface area contributed by atoms with Crippen LogP contribution in [0.2, 0.25) is 0 Å². The summed E-state index contributed by atoms with van der Waals surface area (Å²) in [6.07, 6.45) is 3.08. The number of benzene rings is 4. The highest BCUT2D eigenvalue weighted by Gasteiger charge is 2.55. The monoisotopic (exact) mass is 619 g/mol. The topological polar surface area (TPSA) is 32.4 Å². The molecule has 0 radical (unpaired) electrons. The zero-order chi connectivity index (χ0) is 29.0. The Morgan fingerprint density at radius 1 is 0.929 bits per heavy atom. The number of imidazole rings is 1. The second kappa shape index (κ2) is 10.4. The highest BCUT2D eigenvalue weighted by molar-refractivity contribution is 9.10. The van der Waals surface area contributed by atoms with Crippen molar-refractivity contribution in [2.24, 2.45) is 0 Å². The number of rotatable bonds is 6. The van der Waals surface area contributed by atoms with Crippen LogP contribution in [0.15, 0.2) is 102 Å². The maximum absolute atomic E-state index is 14.3. The number of halogens is 1. The van der Waals surface area contributed by atoms with Crippen molar-refractivity contribution in [3.05, 3.63) is 130 Å². The summed E-state index contributed by atoms with van der Waals surface area (Å²) in [5.74, 6) is 0.167. The lowest BCUT2D eigenvalue weighted by Crippen LogP contribution is -2.51. The number of hydrogen-bond donors (Lipinski definition) is 0. The lowest BCUT2D eigenvalue weighted by Gasteiger charge is -2.36. The van der Waals surface area contributed by atoms with Gasteiger partial charge in [0.15, 0.2) is 17.6 Å². The van der Waals surface area contributed by atoms with Gasteiger partial charge in [-0.3, -0.25) is 4.79 Å². The van der Waals surface area contributed by atoms with Crippen LogP contribution in [0.1, 0.15) is 41.2 Å². The van der Waals surface area contributed by atoms with Gasteiger partial charge in [0.1, 0.15) is 12.7 Å². The first-order valence-corrected chi connectivity index (χ1v) is 15.5. The molecule has 1 amide bonds. The Labute approximate surface area is 256 Å². The van der Waals surface area contributed by atoms with Crippen LogP contribution in [0.25, 0.3) is 11.0 Å². The highest BCUT2D eigenvalue weighted by Crippen LogP contribution is 2.52. The Balaban J connectivity index is 1.23. The van der Waals surface area contributed by atoms with Crippen LogP contribution >= 0.6 is 15.9 Å². The summed E-state index contributed by atoms with van der Waals surface area (Å²) in [4.78, 5) is 18.9. The fourth-order valence-corrected chi connectivity index (χ4v) is 7.36. The molecule has 4 aromatic carbocycles. The molecule has 5 aromatic rings. The molecule has 1 fully saturated rings. The molecule has 212 valence electrons. The van der Waals surface area contributed by atoms with E-state index < -0.39 is 0 Å². The SMILES string of the molecule is Cc1cc2c(cc1C)[n+](Cc1ccc(Br)cc1)cn2CC(=O)N1CCC2(C)c3ccccc3N(Cc3ccccc3)C12. The number of amides is 1. The number of aryl methyl sites for hydroxylation is 2. The molecule has 42 heavy (non-hydrogen) atoms. The van der Waals surface area contributed by atoms with Gasteiger partial charge in [0.25, 0.3) is 5.91 Å². The van der Waals surface area contributed by atoms with Gasteiger partial charge in [-0.05, 0) is 78.4 Å². The Bertz CT molecular complexity index is 1800. The van der Waals surface area contributed by atoms with E-state index in [1.165, 1.54) is 33.5 Å². The standard InChI is InChI=1S/C36H36BrN4O/c1-25-19-32-33(20-26(25)2)39(24-38(32)21-28-13-15-29(37)16-14-28)23-34(42)40-18-17-36(3)30-11-7-8-12-31(30)41(35(36)40)22-27-9-5-4-6-10-27/h4-16,19-20,24,35H,17-18,21-23H2,1-3H3/q+1. The molecule has 2 aliphatic heterocycles. The third kappa shape index (κ3) is 4.53. The molecular weight excluding hydrogens is 584 g/mol. The minimum atomic E-state index is -0.102. The number of aromatic nitrogens is 2. The van der Waals surface area contributed by atoms with Crippen molar-refractivity contribution in [1.29, 1.82) is 0 Å². The first kappa shape index (κ1) is 27.0. The lowest BCUT2D eigenvalue weighted by molar-refractivity contribution is -0.663. The van der Waals surface area contributed by atoms with E-state index in [1.807, 2.05) is 0 Å². The zero-order valence-corrected chi connectivity index (χ0v) is 26.0. The van der Waals surface area contributed by atoms with E-state index in [2.05, 4.69) is 153 Å². The third-order valence-electron chi connectivity index (χ3n) is 9.44. The maximum atomic E-state index is 14.3. The van der Waals surface area contributed by atoms with E-state index in [0.29, 0.717) is 6.54 Å². The second-order valence-corrected chi connectivity index (χ2v) is 13.1. The van der Waals surface area contributed by atoms with Gasteiger partial charge in [-0.15, -0.1) is 0 Å². The molecule has 0 spiro atoms. The molecule has 2 unspecified atom stereocenters. The van der Waals surface area contributed by atoms with Gasteiger partial charge in [-0.1, -0.05) is 83.5 Å². The van der Waals surface area contributed by atoms with Gasteiger partial charge in [0, 0.05) is 28.7 Å². The average Bonchev–Trinajstić information content (AvgIpc) is 3.58. The van der Waals surface area contributed by atoms with Gasteiger partial charge in [0.2, 0.25) is 6.33 Å². The first-order chi connectivity index (χ1) is 20.3. The average molecular weight is 621 g/mol. The summed E-state index contributed by atoms with van der Waals surface area (Å²) in [5, 5.41) is 0. The van der Waals surface area contributed by atoms with Crippen molar-refractivity contribution in [2.75, 3.05) is 11.4 Å². The van der Waals surface area contributed by atoms with Gasteiger partial charge in [0.05, 0.1) is 0 Å². The van der Waals surface area contributed by atoms with Crippen LogP contribution in [0, 0.1) is 13.8 Å². The van der Waals surface area contributed by atoms with Crippen molar-refractivity contribution >= 4 is 38.6 Å². The van der Waals surface area contributed by atoms with E-state index in [1.54, 1.807) is 0 Å². The van der Waals surface area contributed by atoms with Crippen LogP contribution in [0.4, 0.5) is 5.69 Å². The number of hydrogen-bond acceptors (Lipinski definition) is 2. The normalized spacial score (nSPS) is 19.4. The maximum Gasteiger partial charge on any atom is 0.266 e. The predicted octanol–water partition coefficient (Wildman–Crippen LogP) is 6.89. The zero-order valence-electron chi connectivity index (χ0n) is 24.4. The van der Waals surface area contributed by atoms with E-state index in [4.69, 9.17) is 0 Å². The van der Waals surface area contributed by atoms with E-state index in [9.17, 15) is 4.79 Å². The molecule has 1 aromatic heterocycles. The van der Waals surface area contributed by atoms with Crippen molar-refractivity contribution in [2.45, 2.75) is 58.4 Å². The Hall–Kier alpha value is -3.90. The van der Waals surface area contributed by atoms with Gasteiger partial charge < -0.3 is 9.80 Å². The van der Waals surface area contributed by atoms with Crippen LogP contribution in [0.3, 0.4) is 0 Å². The number of carbonyl (C=O) groups is 1. The minimum absolute atomic E-state index is 0.0108. The second-order valence-electron chi connectivity index (χ2n) is 12.2. The summed E-state index contributed by atoms with van der Waals surface area (Å²) in [5.41, 5.74) is 9.72. The number of carbonyl (C=O) groups excluding carboxylic acids is 1. The summed E-state index contributed by atoms with van der Waals surface area (Å²) >= 11 is 3.55. The number of fused-ring (bicyclic) bond motifs is 4. The molecule has 0 aliphatic carbocycles. The molecule has 0 bridgehead atoms. The Morgan fingerprint density at radius 2 is 1.64 bits per heavy atom. The van der Waals surface area contributed by atoms with Crippen LogP contribution in [-0.2, 0) is 29.8 Å². The minimum Gasteiger partial charge on any atom is -0.346 e. The third-order valence-corrected chi connectivity index (χ3v) is 9.97. The number of para-hydroxylation sites is 1. The van der Waals surface area contributed by atoms with Crippen LogP contribution < -0.4 is 9.47 Å². The number of likely N-dealkylation sites (tertiary alicyclic amines) is 1. The molecule has 2 atom stereocenters. The van der Waals surface area contributed by atoms with Gasteiger partial charge in [-0.2, -0.15) is 0 Å². The fourth-order valence-electron chi connectivity index (χ4n) is 7.10. The van der Waals surface area contributed by atoms with Crippen molar-refractivity contribution in [3.8, 4) is 0 Å². The largest absolute Gasteiger partial charge is 0.346 e. The summed E-state index contributed by atoms with van der Waals surface area (Å²) in [7, 11) is 0. The molecule has 5 nitrogen and oxygen atoms in total. The van der Waals surface area contributed by atoms with E-state index >= 15 is 0 Å². The molecule has 0 saturated carbocycles. The van der Waals surface area contributed by atoms with Crippen molar-refractivity contribution in [3.63, 3.8) is 0 Å². The molecule has 7 rings (SSSR count). The first-order valence-electron chi connectivity index (χ1n) is 14.8. The highest BCUT2D eigenvalue weighted by atomic mass is 79.9. The Morgan fingerprint density at radius 3 is 2.43 bits per heavy atom. The van der Waals surface area contributed by atoms with Crippen LogP contribution in [0.5, 0.6) is 0 Å². The lowest BCUT2D eigenvalue weighted by atomic mass is 9.81. The molecule has 3 heterocycles. The van der Waals surface area contributed by atoms with Crippen LogP contribution in [-0.4, -0.2) is 28.1 Å². The van der Waals surface area contributed by atoms with E-state index in [-0.39, 0.29) is 17.5 Å². The Kier molecular flexibility index (Phi) is 6.69. The summed E-state index contributed by atoms with van der Waals surface area (Å²) in [6, 6.07) is 32.3. The van der Waals surface area contributed by atoms with Crippen molar-refractivity contribution in [1.82, 2.24) is 9.47 Å². The smallest absolute Gasteiger partial charge is 0.266 e. The number of nitrogens with zero attached hydrogens (tertiary/aromatic N) is 4. The molecular formula is C36H36BrN4O+. The summed E-state index contributed by atoms with van der Waals surface area (Å²) < 4.78 is 5.51. The van der Waals surface area contributed by atoms with Crippen molar-refractivity contribution < 1.29 is 9.36 Å². The summed E-state index contributed by atoms with van der Waals surface area (Å²) in [6.45, 7) is 9.25. The molecule has 6 heteroatoms. The van der Waals surface area contributed by atoms with Gasteiger partial charge in [-0.25, -0.2) is 9.13 Å². The van der Waals surface area contributed by atoms with E-state index in [0.717, 1.165) is 41.6 Å². The number of anilines is 1. The molecule has 2 aliphatic rings.